The third-order valence-electron chi connectivity index (χ3n) is 12.9. The van der Waals surface area contributed by atoms with Crippen LogP contribution < -0.4 is 0 Å². The Kier molecular flexibility index (Phi) is 11.3. The summed E-state index contributed by atoms with van der Waals surface area (Å²) < 4.78 is 39.1. The van der Waals surface area contributed by atoms with Gasteiger partial charge in [-0.2, -0.15) is 0 Å². The van der Waals surface area contributed by atoms with Crippen molar-refractivity contribution >= 4 is 11.9 Å². The summed E-state index contributed by atoms with van der Waals surface area (Å²) >= 11 is 0. The highest BCUT2D eigenvalue weighted by atomic mass is 16.7. The van der Waals surface area contributed by atoms with Crippen LogP contribution in [0.4, 0.5) is 0 Å². The van der Waals surface area contributed by atoms with Gasteiger partial charge in [-0.15, -0.1) is 0 Å². The van der Waals surface area contributed by atoms with Crippen molar-refractivity contribution in [3.63, 3.8) is 0 Å². The molecule has 0 radical (unpaired) electrons. The molecule has 0 unspecified atom stereocenters. The molecule has 5 heterocycles. The Hall–Kier alpha value is -1.38. The number of hydrogen-bond acceptors (Lipinski definition) is 11. The second-order valence-electron chi connectivity index (χ2n) is 16.8. The molecule has 0 bridgehead atoms. The third kappa shape index (κ3) is 7.32. The van der Waals surface area contributed by atoms with Gasteiger partial charge in [0.15, 0.2) is 11.6 Å². The molecular formula is C37H62O12. The van der Waals surface area contributed by atoms with Gasteiger partial charge in [0, 0.05) is 37.0 Å². The molecule has 49 heavy (non-hydrogen) atoms. The van der Waals surface area contributed by atoms with Crippen LogP contribution in [0.25, 0.3) is 0 Å². The van der Waals surface area contributed by atoms with Gasteiger partial charge in [0.2, 0.25) is 0 Å². The lowest BCUT2D eigenvalue weighted by Crippen LogP contribution is -2.57. The van der Waals surface area contributed by atoms with Crippen molar-refractivity contribution in [3.8, 4) is 0 Å². The summed E-state index contributed by atoms with van der Waals surface area (Å²) in [5.74, 6) is -5.90. The van der Waals surface area contributed by atoms with Gasteiger partial charge in [-0.25, -0.2) is 0 Å². The molecular weight excluding hydrogens is 636 g/mol. The normalized spacial score (nSPS) is 49.1. The smallest absolute Gasteiger partial charge is 0.309 e. The minimum absolute atomic E-state index is 0.121. The zero-order valence-corrected chi connectivity index (χ0v) is 30.9. The number of hydrogen-bond donors (Lipinski definition) is 4. The van der Waals surface area contributed by atoms with Gasteiger partial charge < -0.3 is 48.8 Å². The first-order valence-electron chi connectivity index (χ1n) is 18.6. The first-order valence-corrected chi connectivity index (χ1v) is 18.6. The van der Waals surface area contributed by atoms with Crippen LogP contribution >= 0.6 is 0 Å². The van der Waals surface area contributed by atoms with E-state index in [4.69, 9.17) is 28.4 Å². The molecule has 0 amide bonds. The molecule has 5 saturated heterocycles. The highest BCUT2D eigenvalue weighted by molar-refractivity contribution is 5.72. The largest absolute Gasteiger partial charge is 0.481 e. The van der Waals surface area contributed by atoms with Crippen LogP contribution in [0.3, 0.4) is 0 Å². The summed E-state index contributed by atoms with van der Waals surface area (Å²) in [5.41, 5.74) is -1.29. The highest BCUT2D eigenvalue weighted by Gasteiger charge is 2.61. The molecule has 1 spiro atoms. The van der Waals surface area contributed by atoms with Crippen molar-refractivity contribution < 1.29 is 58.4 Å². The summed E-state index contributed by atoms with van der Waals surface area (Å²) in [7, 11) is 0. The van der Waals surface area contributed by atoms with Gasteiger partial charge in [0.1, 0.15) is 6.10 Å². The van der Waals surface area contributed by atoms with Crippen LogP contribution in [0.5, 0.6) is 0 Å². The van der Waals surface area contributed by atoms with Gasteiger partial charge in [-0.3, -0.25) is 9.59 Å². The summed E-state index contributed by atoms with van der Waals surface area (Å²) in [6.45, 7) is 16.7. The van der Waals surface area contributed by atoms with Gasteiger partial charge in [0.05, 0.1) is 60.4 Å². The molecule has 282 valence electrons. The van der Waals surface area contributed by atoms with E-state index in [1.165, 1.54) is 6.92 Å². The topological polar surface area (TPSA) is 170 Å². The van der Waals surface area contributed by atoms with Gasteiger partial charge >= 0.3 is 11.9 Å². The third-order valence-corrected chi connectivity index (χ3v) is 12.9. The van der Waals surface area contributed by atoms with Crippen LogP contribution in [0.15, 0.2) is 0 Å². The molecule has 17 atom stereocenters. The van der Waals surface area contributed by atoms with E-state index in [9.17, 15) is 30.0 Å². The number of aliphatic hydroxyl groups excluding tert-OH is 2. The number of carboxylic acids is 1. The average Bonchev–Trinajstić information content (AvgIpc) is 3.74. The van der Waals surface area contributed by atoms with Crippen molar-refractivity contribution in [2.75, 3.05) is 6.61 Å². The van der Waals surface area contributed by atoms with E-state index in [0.29, 0.717) is 12.8 Å². The fraction of sp³-hybridized carbons (Fsp3) is 0.946. The minimum atomic E-state index is -1.58. The molecule has 5 rings (SSSR count). The number of ether oxygens (including phenoxy) is 6. The molecule has 5 aliphatic rings. The number of esters is 1. The summed E-state index contributed by atoms with van der Waals surface area (Å²) in [6, 6.07) is 0. The summed E-state index contributed by atoms with van der Waals surface area (Å²) in [6.07, 6.45) is 1.24. The fourth-order valence-corrected chi connectivity index (χ4v) is 9.66. The molecule has 0 aromatic carbocycles. The van der Waals surface area contributed by atoms with Crippen molar-refractivity contribution in [1.29, 1.82) is 0 Å². The number of carbonyl (C=O) groups excluding carboxylic acids is 1. The van der Waals surface area contributed by atoms with Gasteiger partial charge in [0.25, 0.3) is 0 Å². The van der Waals surface area contributed by atoms with E-state index < -0.39 is 71.5 Å². The molecule has 0 aromatic rings. The van der Waals surface area contributed by atoms with Crippen LogP contribution in [0, 0.1) is 35.5 Å². The maximum Gasteiger partial charge on any atom is 0.309 e. The SMILES string of the molecule is CCC(=O)O[C@@H]([C@H](C)[C@@H]1O[C@]2(CC[C@@](C)([C@@H]3CC[C@](C)([C@H]4O[C@@H]([C@@H]5O[C@@](O)(CO)[C@@H](C)C[C@H]5C)C[C@H]4C)O3)O2)C[C@@H](O)[C@@H]1C)[C@H](C)C(=O)O. The number of carboxylic acid groups (broad SMARTS) is 1. The standard InChI is InChI=1S/C37H62O12/c1-10-28(40)45-30(24(7)33(41)42)23(6)31-22(5)25(39)17-36(47-31)14-13-34(8,49-36)27-11-12-35(9,46-27)32-20(3)16-26(44-32)29-19(2)15-21(4)37(43,18-38)48-29/h19-27,29-32,38-39,43H,10-18H2,1-9H3,(H,41,42)/t19-,20-,21+,22+,23+,24+,25-,26-,27+,29-,30+,31-,32+,34+,35-,36+,37+/m1/s1. The second-order valence-corrected chi connectivity index (χ2v) is 16.8. The number of carbonyl (C=O) groups is 2. The van der Waals surface area contributed by atoms with Crippen molar-refractivity contribution in [3.05, 3.63) is 0 Å². The second kappa shape index (κ2) is 14.2. The van der Waals surface area contributed by atoms with Crippen molar-refractivity contribution in [2.45, 2.75) is 179 Å². The van der Waals surface area contributed by atoms with Crippen LogP contribution in [0.1, 0.15) is 114 Å². The first kappa shape index (κ1) is 38.8. The molecule has 5 aliphatic heterocycles. The van der Waals surface area contributed by atoms with Gasteiger partial charge in [-0.1, -0.05) is 41.5 Å². The molecule has 0 saturated carbocycles. The quantitative estimate of drug-likeness (QED) is 0.240. The fourth-order valence-electron chi connectivity index (χ4n) is 9.66. The molecule has 12 heteroatoms. The van der Waals surface area contributed by atoms with Crippen LogP contribution in [-0.4, -0.2) is 104 Å². The summed E-state index contributed by atoms with van der Waals surface area (Å²) in [5, 5.41) is 42.0. The Bertz CT molecular complexity index is 1200. The maximum absolute atomic E-state index is 12.3. The number of rotatable bonds is 10. The Labute approximate surface area is 291 Å². The lowest BCUT2D eigenvalue weighted by Gasteiger charge is -2.48. The van der Waals surface area contributed by atoms with Crippen molar-refractivity contribution in [2.24, 2.45) is 35.5 Å². The minimum Gasteiger partial charge on any atom is -0.481 e. The predicted molar refractivity (Wildman–Crippen MR) is 177 cm³/mol. The number of aliphatic carboxylic acids is 1. The average molecular weight is 699 g/mol. The number of aliphatic hydroxyl groups is 3. The van der Waals surface area contributed by atoms with E-state index in [-0.39, 0.29) is 60.9 Å². The summed E-state index contributed by atoms with van der Waals surface area (Å²) in [4.78, 5) is 24.3. The Morgan fingerprint density at radius 1 is 0.959 bits per heavy atom. The highest BCUT2D eigenvalue weighted by Crippen LogP contribution is 2.54. The van der Waals surface area contributed by atoms with Gasteiger partial charge in [-0.05, 0) is 64.7 Å². The Balaban J connectivity index is 1.27. The van der Waals surface area contributed by atoms with E-state index in [1.807, 2.05) is 27.7 Å². The Morgan fingerprint density at radius 2 is 1.65 bits per heavy atom. The lowest BCUT2D eigenvalue weighted by molar-refractivity contribution is -0.335. The maximum atomic E-state index is 12.3. The van der Waals surface area contributed by atoms with E-state index in [1.54, 1.807) is 6.92 Å². The molecule has 0 aliphatic carbocycles. The van der Waals surface area contributed by atoms with Crippen molar-refractivity contribution in [1.82, 2.24) is 0 Å². The predicted octanol–water partition coefficient (Wildman–Crippen LogP) is 4.19. The molecule has 12 nitrogen and oxygen atoms in total. The molecule has 4 N–H and O–H groups in total. The van der Waals surface area contributed by atoms with Crippen LogP contribution in [0.2, 0.25) is 0 Å². The van der Waals surface area contributed by atoms with E-state index >= 15 is 0 Å². The first-order chi connectivity index (χ1) is 22.8. The molecule has 5 fully saturated rings. The zero-order valence-electron chi connectivity index (χ0n) is 30.9. The molecule has 0 aromatic heterocycles. The zero-order chi connectivity index (χ0) is 36.3. The van der Waals surface area contributed by atoms with E-state index in [0.717, 1.165) is 25.7 Å². The van der Waals surface area contributed by atoms with Crippen LogP contribution in [-0.2, 0) is 38.0 Å². The lowest BCUT2D eigenvalue weighted by atomic mass is 9.78. The Morgan fingerprint density at radius 3 is 2.29 bits per heavy atom. The monoisotopic (exact) mass is 698 g/mol. The van der Waals surface area contributed by atoms with E-state index in [2.05, 4.69) is 20.8 Å².